The zero-order valence-electron chi connectivity index (χ0n) is 13.5. The van der Waals surface area contributed by atoms with Gasteiger partial charge in [-0.2, -0.15) is 5.26 Å². The molecule has 0 unspecified atom stereocenters. The number of para-hydroxylation sites is 1. The van der Waals surface area contributed by atoms with Gasteiger partial charge in [0.15, 0.2) is 0 Å². The second kappa shape index (κ2) is 5.98. The largest absolute Gasteiger partial charge is 0.235 e. The van der Waals surface area contributed by atoms with E-state index < -0.39 is 0 Å². The van der Waals surface area contributed by atoms with E-state index in [-0.39, 0.29) is 5.41 Å². The van der Waals surface area contributed by atoms with Crippen molar-refractivity contribution in [2.45, 2.75) is 26.2 Å². The van der Waals surface area contributed by atoms with Crippen LogP contribution in [0.2, 0.25) is 0 Å². The standard InChI is InChI=1S/C20H18N2S/c1-20(2,3)16-10-8-14(9-11-16)12-15(13-21)19-22-17-6-4-5-7-18(17)23-19/h4-12H,1-3H3. The van der Waals surface area contributed by atoms with Gasteiger partial charge in [-0.1, -0.05) is 57.2 Å². The molecule has 0 bridgehead atoms. The van der Waals surface area contributed by atoms with E-state index in [4.69, 9.17) is 0 Å². The molecule has 0 aliphatic carbocycles. The summed E-state index contributed by atoms with van der Waals surface area (Å²) in [7, 11) is 0. The van der Waals surface area contributed by atoms with E-state index in [9.17, 15) is 5.26 Å². The van der Waals surface area contributed by atoms with E-state index in [1.807, 2.05) is 30.3 Å². The molecule has 0 spiro atoms. The summed E-state index contributed by atoms with van der Waals surface area (Å²) in [6.45, 7) is 6.58. The second-order valence-electron chi connectivity index (χ2n) is 6.53. The number of thiazole rings is 1. The molecule has 114 valence electrons. The first-order valence-electron chi connectivity index (χ1n) is 7.56. The highest BCUT2D eigenvalue weighted by molar-refractivity contribution is 7.19. The third kappa shape index (κ3) is 3.33. The smallest absolute Gasteiger partial charge is 0.135 e. The van der Waals surface area contributed by atoms with Gasteiger partial charge >= 0.3 is 0 Å². The normalized spacial score (nSPS) is 12.3. The van der Waals surface area contributed by atoms with E-state index in [0.29, 0.717) is 5.57 Å². The molecule has 1 heterocycles. The molecule has 0 saturated carbocycles. The fraction of sp³-hybridized carbons (Fsp3) is 0.200. The van der Waals surface area contributed by atoms with Gasteiger partial charge in [0.05, 0.1) is 15.8 Å². The highest BCUT2D eigenvalue weighted by atomic mass is 32.1. The summed E-state index contributed by atoms with van der Waals surface area (Å²) in [6.07, 6.45) is 1.91. The lowest BCUT2D eigenvalue weighted by Gasteiger charge is -2.18. The van der Waals surface area contributed by atoms with E-state index in [1.54, 1.807) is 11.3 Å². The maximum absolute atomic E-state index is 9.50. The van der Waals surface area contributed by atoms with Crippen molar-refractivity contribution in [3.63, 3.8) is 0 Å². The summed E-state index contributed by atoms with van der Waals surface area (Å²) in [5, 5.41) is 10.3. The van der Waals surface area contributed by atoms with Crippen LogP contribution in [0, 0.1) is 11.3 Å². The fourth-order valence-corrected chi connectivity index (χ4v) is 3.31. The summed E-state index contributed by atoms with van der Waals surface area (Å²) in [6, 6.07) is 18.6. The number of nitrogens with zero attached hydrogens (tertiary/aromatic N) is 2. The van der Waals surface area contributed by atoms with E-state index in [0.717, 1.165) is 20.8 Å². The number of hydrogen-bond acceptors (Lipinski definition) is 3. The monoisotopic (exact) mass is 318 g/mol. The van der Waals surface area contributed by atoms with Crippen molar-refractivity contribution in [1.82, 2.24) is 4.98 Å². The molecule has 1 aromatic heterocycles. The van der Waals surface area contributed by atoms with Crippen LogP contribution < -0.4 is 0 Å². The minimum absolute atomic E-state index is 0.132. The van der Waals surface area contributed by atoms with Crippen LogP contribution in [0.1, 0.15) is 36.9 Å². The topological polar surface area (TPSA) is 36.7 Å². The summed E-state index contributed by atoms with van der Waals surface area (Å²) < 4.78 is 1.10. The third-order valence-electron chi connectivity index (χ3n) is 3.73. The maximum atomic E-state index is 9.50. The summed E-state index contributed by atoms with van der Waals surface area (Å²) in [5.74, 6) is 0. The van der Waals surface area contributed by atoms with Gasteiger partial charge in [-0.3, -0.25) is 0 Å². The Morgan fingerprint density at radius 3 is 2.39 bits per heavy atom. The Kier molecular flexibility index (Phi) is 4.02. The molecule has 3 aromatic rings. The molecular formula is C20H18N2S. The lowest BCUT2D eigenvalue weighted by atomic mass is 9.86. The van der Waals surface area contributed by atoms with Crippen LogP contribution in [0.15, 0.2) is 48.5 Å². The van der Waals surface area contributed by atoms with Gasteiger partial charge in [-0.25, -0.2) is 4.98 Å². The first-order valence-corrected chi connectivity index (χ1v) is 8.37. The molecule has 0 radical (unpaired) electrons. The predicted octanol–water partition coefficient (Wildman–Crippen LogP) is 5.66. The number of benzene rings is 2. The first kappa shape index (κ1) is 15.5. The van der Waals surface area contributed by atoms with Crippen LogP contribution in [0.25, 0.3) is 21.9 Å². The minimum atomic E-state index is 0.132. The van der Waals surface area contributed by atoms with Gasteiger partial charge in [0, 0.05) is 0 Å². The van der Waals surface area contributed by atoms with Crippen molar-refractivity contribution in [3.05, 3.63) is 64.7 Å². The van der Waals surface area contributed by atoms with Crippen molar-refractivity contribution in [2.24, 2.45) is 0 Å². The Labute approximate surface area is 140 Å². The molecule has 3 heteroatoms. The van der Waals surface area contributed by atoms with Crippen LogP contribution >= 0.6 is 11.3 Å². The Bertz CT molecular complexity index is 870. The van der Waals surface area contributed by atoms with Gasteiger partial charge in [-0.15, -0.1) is 11.3 Å². The Hall–Kier alpha value is -2.44. The van der Waals surface area contributed by atoms with Crippen LogP contribution in [0.4, 0.5) is 0 Å². The molecule has 0 N–H and O–H groups in total. The number of hydrogen-bond donors (Lipinski definition) is 0. The summed E-state index contributed by atoms with van der Waals surface area (Å²) in [5.41, 5.74) is 3.99. The molecule has 2 aromatic carbocycles. The van der Waals surface area contributed by atoms with Gasteiger partial charge in [-0.05, 0) is 34.8 Å². The lowest BCUT2D eigenvalue weighted by molar-refractivity contribution is 0.590. The zero-order chi connectivity index (χ0) is 16.4. The number of rotatable bonds is 2. The zero-order valence-corrected chi connectivity index (χ0v) is 14.3. The average Bonchev–Trinajstić information content (AvgIpc) is 2.96. The van der Waals surface area contributed by atoms with Crippen molar-refractivity contribution >= 4 is 33.2 Å². The predicted molar refractivity (Wildman–Crippen MR) is 98.2 cm³/mol. The van der Waals surface area contributed by atoms with Gasteiger partial charge in [0.25, 0.3) is 0 Å². The van der Waals surface area contributed by atoms with Crippen LogP contribution in [-0.4, -0.2) is 4.98 Å². The van der Waals surface area contributed by atoms with E-state index in [2.05, 4.69) is 56.1 Å². The average molecular weight is 318 g/mol. The molecule has 0 saturated heterocycles. The highest BCUT2D eigenvalue weighted by Crippen LogP contribution is 2.28. The molecule has 0 amide bonds. The highest BCUT2D eigenvalue weighted by Gasteiger charge is 2.13. The SMILES string of the molecule is CC(C)(C)c1ccc(C=C(C#N)c2nc3ccccc3s2)cc1. The number of fused-ring (bicyclic) bond motifs is 1. The lowest BCUT2D eigenvalue weighted by Crippen LogP contribution is -2.10. The fourth-order valence-electron chi connectivity index (χ4n) is 2.38. The van der Waals surface area contributed by atoms with Crippen molar-refractivity contribution in [3.8, 4) is 6.07 Å². The number of allylic oxidation sites excluding steroid dienone is 1. The van der Waals surface area contributed by atoms with Crippen LogP contribution in [-0.2, 0) is 5.41 Å². The number of aromatic nitrogens is 1. The van der Waals surface area contributed by atoms with Gasteiger partial charge in [0.1, 0.15) is 11.1 Å². The summed E-state index contributed by atoms with van der Waals surface area (Å²) in [4.78, 5) is 4.56. The molecule has 0 atom stereocenters. The van der Waals surface area contributed by atoms with Gasteiger partial charge in [0.2, 0.25) is 0 Å². The molecular weight excluding hydrogens is 300 g/mol. The van der Waals surface area contributed by atoms with Crippen molar-refractivity contribution in [2.75, 3.05) is 0 Å². The van der Waals surface area contributed by atoms with E-state index >= 15 is 0 Å². The van der Waals surface area contributed by atoms with Crippen molar-refractivity contribution < 1.29 is 0 Å². The quantitative estimate of drug-likeness (QED) is 0.572. The Morgan fingerprint density at radius 1 is 1.09 bits per heavy atom. The minimum Gasteiger partial charge on any atom is -0.235 e. The molecule has 23 heavy (non-hydrogen) atoms. The van der Waals surface area contributed by atoms with Crippen LogP contribution in [0.5, 0.6) is 0 Å². The molecule has 0 aliphatic heterocycles. The maximum Gasteiger partial charge on any atom is 0.135 e. The van der Waals surface area contributed by atoms with Gasteiger partial charge < -0.3 is 0 Å². The molecule has 2 nitrogen and oxygen atoms in total. The van der Waals surface area contributed by atoms with Crippen molar-refractivity contribution in [1.29, 1.82) is 5.26 Å². The number of nitriles is 1. The third-order valence-corrected chi connectivity index (χ3v) is 4.80. The second-order valence-corrected chi connectivity index (χ2v) is 7.56. The summed E-state index contributed by atoms with van der Waals surface area (Å²) >= 11 is 1.55. The molecule has 3 rings (SSSR count). The van der Waals surface area contributed by atoms with Crippen LogP contribution in [0.3, 0.4) is 0 Å². The molecule has 0 fully saturated rings. The first-order chi connectivity index (χ1) is 11.0. The Morgan fingerprint density at radius 2 is 1.78 bits per heavy atom. The Balaban J connectivity index is 1.97. The van der Waals surface area contributed by atoms with E-state index in [1.165, 1.54) is 5.56 Å². The molecule has 0 aliphatic rings.